The van der Waals surface area contributed by atoms with Gasteiger partial charge in [0.1, 0.15) is 11.7 Å². The fourth-order valence-corrected chi connectivity index (χ4v) is 3.22. The first kappa shape index (κ1) is 16.7. The largest absolute Gasteiger partial charge is 0.319 e. The molecular weight excluding hydrogens is 368 g/mol. The predicted octanol–water partition coefficient (Wildman–Crippen LogP) is 4.52. The number of aromatic nitrogens is 2. The van der Waals surface area contributed by atoms with E-state index in [9.17, 15) is 0 Å². The smallest absolute Gasteiger partial charge is 0.150 e. The zero-order valence-electron chi connectivity index (χ0n) is 13.8. The van der Waals surface area contributed by atoms with Gasteiger partial charge in [0.05, 0.1) is 11.0 Å². The lowest BCUT2D eigenvalue weighted by Gasteiger charge is -2.25. The Hall–Kier alpha value is -2.18. The Kier molecular flexibility index (Phi) is 4.19. The van der Waals surface area contributed by atoms with Crippen molar-refractivity contribution in [2.75, 3.05) is 0 Å². The van der Waals surface area contributed by atoms with Crippen molar-refractivity contribution in [2.45, 2.75) is 26.3 Å². The summed E-state index contributed by atoms with van der Waals surface area (Å²) in [5, 5.41) is 17.1. The number of amidine groups is 1. The van der Waals surface area contributed by atoms with Crippen LogP contribution in [0.1, 0.15) is 26.3 Å². The van der Waals surface area contributed by atoms with Gasteiger partial charge in [-0.15, -0.1) is 0 Å². The highest BCUT2D eigenvalue weighted by Crippen LogP contribution is 2.33. The molecule has 0 aliphatic carbocycles. The molecule has 0 amide bonds. The van der Waals surface area contributed by atoms with Gasteiger partial charge in [-0.05, 0) is 39.0 Å². The van der Waals surface area contributed by atoms with Gasteiger partial charge in [0.2, 0.25) is 0 Å². The zero-order valence-corrected chi connectivity index (χ0v) is 15.3. The molecule has 1 heterocycles. The standard InChI is InChI=1S/C18H19BrN4O/c1-18(2,3)23-15-9-8-11(19)10-14(15)21-17(23)13-7-5-4-6-12(13)16(20)22-24/h4-10,24H,1-3H3,(H2,20,22). The van der Waals surface area contributed by atoms with E-state index in [1.807, 2.05) is 41.9 Å². The molecule has 0 radical (unpaired) electrons. The lowest BCUT2D eigenvalue weighted by molar-refractivity contribution is 0.234. The molecule has 0 atom stereocenters. The van der Waals surface area contributed by atoms with Crippen molar-refractivity contribution < 1.29 is 5.21 Å². The second-order valence-corrected chi connectivity index (χ2v) is 7.52. The molecule has 5 nitrogen and oxygen atoms in total. The molecule has 3 rings (SSSR count). The zero-order chi connectivity index (χ0) is 17.5. The predicted molar refractivity (Wildman–Crippen MR) is 99.6 cm³/mol. The Morgan fingerprint density at radius 1 is 1.21 bits per heavy atom. The molecule has 3 aromatic rings. The van der Waals surface area contributed by atoms with Crippen LogP contribution in [0.2, 0.25) is 0 Å². The lowest BCUT2D eigenvalue weighted by Crippen LogP contribution is -2.24. The van der Waals surface area contributed by atoms with Crippen LogP contribution in [0.3, 0.4) is 0 Å². The molecule has 0 spiro atoms. The molecule has 0 saturated carbocycles. The van der Waals surface area contributed by atoms with Crippen LogP contribution >= 0.6 is 15.9 Å². The quantitative estimate of drug-likeness (QED) is 0.344. The minimum absolute atomic E-state index is 0.0562. The summed E-state index contributed by atoms with van der Waals surface area (Å²) < 4.78 is 3.14. The van der Waals surface area contributed by atoms with Gasteiger partial charge in [-0.2, -0.15) is 0 Å². The monoisotopic (exact) mass is 386 g/mol. The van der Waals surface area contributed by atoms with Gasteiger partial charge in [-0.3, -0.25) is 16.1 Å². The summed E-state index contributed by atoms with van der Waals surface area (Å²) in [4.78, 5) is 4.81. The number of fused-ring (bicyclic) bond motifs is 1. The van der Waals surface area contributed by atoms with Crippen molar-refractivity contribution in [3.63, 3.8) is 0 Å². The SMILES string of the molecule is CC(C)(C)n1c(-c2ccccc2C(=N)NO)nc2cc(Br)ccc21. The molecule has 3 N–H and O–H groups in total. The van der Waals surface area contributed by atoms with Crippen LogP contribution in [-0.4, -0.2) is 20.6 Å². The number of hydroxylamine groups is 1. The van der Waals surface area contributed by atoms with Gasteiger partial charge >= 0.3 is 0 Å². The van der Waals surface area contributed by atoms with Gasteiger partial charge in [0.25, 0.3) is 0 Å². The number of nitrogens with zero attached hydrogens (tertiary/aromatic N) is 2. The Labute approximate surface area is 148 Å². The van der Waals surface area contributed by atoms with E-state index < -0.39 is 0 Å². The second kappa shape index (κ2) is 6.03. The average molecular weight is 387 g/mol. The van der Waals surface area contributed by atoms with Crippen LogP contribution in [0.4, 0.5) is 0 Å². The van der Waals surface area contributed by atoms with Gasteiger partial charge in [-0.1, -0.05) is 40.2 Å². The van der Waals surface area contributed by atoms with Gasteiger partial charge < -0.3 is 4.57 Å². The van der Waals surface area contributed by atoms with Crippen LogP contribution < -0.4 is 5.48 Å². The number of benzene rings is 2. The first-order chi connectivity index (χ1) is 11.3. The Morgan fingerprint density at radius 3 is 2.58 bits per heavy atom. The van der Waals surface area contributed by atoms with Crippen molar-refractivity contribution in [3.05, 3.63) is 52.5 Å². The van der Waals surface area contributed by atoms with Crippen LogP contribution in [0.15, 0.2) is 46.9 Å². The molecule has 1 aromatic heterocycles. The molecule has 0 saturated heterocycles. The molecule has 0 unspecified atom stereocenters. The van der Waals surface area contributed by atoms with E-state index in [2.05, 4.69) is 41.3 Å². The Morgan fingerprint density at radius 2 is 1.92 bits per heavy atom. The molecular formula is C18H19BrN4O. The second-order valence-electron chi connectivity index (χ2n) is 6.61. The van der Waals surface area contributed by atoms with Gasteiger partial charge in [-0.25, -0.2) is 4.98 Å². The van der Waals surface area contributed by atoms with Crippen molar-refractivity contribution in [1.82, 2.24) is 15.0 Å². The first-order valence-electron chi connectivity index (χ1n) is 7.60. The highest BCUT2D eigenvalue weighted by molar-refractivity contribution is 9.10. The number of nitrogens with one attached hydrogen (secondary N) is 2. The fraction of sp³-hybridized carbons (Fsp3) is 0.222. The molecule has 0 fully saturated rings. The first-order valence-corrected chi connectivity index (χ1v) is 8.39. The topological polar surface area (TPSA) is 73.9 Å². The van der Waals surface area contributed by atoms with Gasteiger partial charge in [0.15, 0.2) is 0 Å². The number of rotatable bonds is 2. The van der Waals surface area contributed by atoms with E-state index in [-0.39, 0.29) is 11.4 Å². The molecule has 2 aromatic carbocycles. The lowest BCUT2D eigenvalue weighted by atomic mass is 10.0. The molecule has 0 aliphatic rings. The number of imidazole rings is 1. The number of halogens is 1. The Bertz CT molecular complexity index is 924. The van der Waals surface area contributed by atoms with Crippen LogP contribution in [0.25, 0.3) is 22.4 Å². The van der Waals surface area contributed by atoms with E-state index in [1.54, 1.807) is 6.07 Å². The summed E-state index contributed by atoms with van der Waals surface area (Å²) in [6.07, 6.45) is 0. The maximum Gasteiger partial charge on any atom is 0.150 e. The molecule has 24 heavy (non-hydrogen) atoms. The third-order valence-corrected chi connectivity index (χ3v) is 4.33. The number of hydrogen-bond acceptors (Lipinski definition) is 3. The average Bonchev–Trinajstić information content (AvgIpc) is 2.92. The normalized spacial score (nSPS) is 11.7. The van der Waals surface area contributed by atoms with Crippen molar-refractivity contribution in [3.8, 4) is 11.4 Å². The fourth-order valence-electron chi connectivity index (χ4n) is 2.87. The van der Waals surface area contributed by atoms with Crippen molar-refractivity contribution in [1.29, 1.82) is 5.41 Å². The molecule has 0 aliphatic heterocycles. The van der Waals surface area contributed by atoms with Crippen LogP contribution in [0.5, 0.6) is 0 Å². The van der Waals surface area contributed by atoms with Crippen LogP contribution in [-0.2, 0) is 5.54 Å². The third kappa shape index (κ3) is 2.83. The molecule has 0 bridgehead atoms. The highest BCUT2D eigenvalue weighted by Gasteiger charge is 2.24. The minimum atomic E-state index is -0.195. The minimum Gasteiger partial charge on any atom is -0.319 e. The summed E-state index contributed by atoms with van der Waals surface area (Å²) >= 11 is 3.50. The molecule has 6 heteroatoms. The summed E-state index contributed by atoms with van der Waals surface area (Å²) in [5.74, 6) is 0.713. The Balaban J connectivity index is 2.37. The van der Waals surface area contributed by atoms with Crippen LogP contribution in [0, 0.1) is 5.41 Å². The number of hydrogen-bond donors (Lipinski definition) is 3. The maximum absolute atomic E-state index is 9.16. The summed E-state index contributed by atoms with van der Waals surface area (Å²) in [6, 6.07) is 13.5. The van der Waals surface area contributed by atoms with Crippen molar-refractivity contribution >= 4 is 32.8 Å². The summed E-state index contributed by atoms with van der Waals surface area (Å²) in [5.41, 5.74) is 5.04. The van der Waals surface area contributed by atoms with E-state index in [0.29, 0.717) is 5.56 Å². The third-order valence-electron chi connectivity index (χ3n) is 3.84. The highest BCUT2D eigenvalue weighted by atomic mass is 79.9. The van der Waals surface area contributed by atoms with Gasteiger partial charge in [0, 0.05) is 21.1 Å². The van der Waals surface area contributed by atoms with E-state index in [1.165, 1.54) is 0 Å². The molecule has 124 valence electrons. The summed E-state index contributed by atoms with van der Waals surface area (Å²) in [6.45, 7) is 6.37. The van der Waals surface area contributed by atoms with Crippen molar-refractivity contribution in [2.24, 2.45) is 0 Å². The maximum atomic E-state index is 9.16. The van der Waals surface area contributed by atoms with E-state index >= 15 is 0 Å². The summed E-state index contributed by atoms with van der Waals surface area (Å²) in [7, 11) is 0. The van der Waals surface area contributed by atoms with E-state index in [0.717, 1.165) is 26.9 Å². The van der Waals surface area contributed by atoms with E-state index in [4.69, 9.17) is 15.6 Å².